The molecule has 118 valence electrons. The average molecular weight is 305 g/mol. The van der Waals surface area contributed by atoms with Crippen LogP contribution in [-0.4, -0.2) is 30.5 Å². The summed E-state index contributed by atoms with van der Waals surface area (Å²) >= 11 is 0. The second-order valence-electron chi connectivity index (χ2n) is 5.80. The molecule has 0 amide bonds. The van der Waals surface area contributed by atoms with Crippen LogP contribution in [0, 0.1) is 0 Å². The van der Waals surface area contributed by atoms with E-state index in [1.165, 1.54) is 23.4 Å². The van der Waals surface area contributed by atoms with E-state index < -0.39 is 11.4 Å². The van der Waals surface area contributed by atoms with Gasteiger partial charge < -0.3 is 10.8 Å². The van der Waals surface area contributed by atoms with Crippen LogP contribution in [0.2, 0.25) is 0 Å². The minimum Gasteiger partial charge on any atom is -0.397 e. The van der Waals surface area contributed by atoms with Crippen LogP contribution in [0.5, 0.6) is 0 Å². The Labute approximate surface area is 128 Å². The first-order valence-corrected chi connectivity index (χ1v) is 6.97. The van der Waals surface area contributed by atoms with E-state index in [-0.39, 0.29) is 18.2 Å². The third-order valence-corrected chi connectivity index (χ3v) is 3.05. The zero-order valence-electron chi connectivity index (χ0n) is 12.6. The summed E-state index contributed by atoms with van der Waals surface area (Å²) in [6.45, 7) is 3.60. The van der Waals surface area contributed by atoms with Crippen molar-refractivity contribution >= 4 is 0 Å². The number of hydrogen-bond donors (Lipinski definition) is 2. The summed E-state index contributed by atoms with van der Waals surface area (Å²) in [5.41, 5.74) is 5.35. The summed E-state index contributed by atoms with van der Waals surface area (Å²) in [6.07, 6.45) is 8.04. The Hall–Kier alpha value is -2.28. The Kier molecular flexibility index (Phi) is 4.87. The Morgan fingerprint density at radius 3 is 2.91 bits per heavy atom. The summed E-state index contributed by atoms with van der Waals surface area (Å²) in [5, 5.41) is 14.4. The number of aromatic nitrogens is 4. The van der Waals surface area contributed by atoms with Crippen molar-refractivity contribution in [3.05, 3.63) is 54.3 Å². The van der Waals surface area contributed by atoms with Gasteiger partial charge in [-0.15, -0.1) is 0 Å². The van der Waals surface area contributed by atoms with Gasteiger partial charge in [-0.2, -0.15) is 5.10 Å². The Morgan fingerprint density at radius 1 is 1.45 bits per heavy atom. The zero-order valence-corrected chi connectivity index (χ0v) is 12.6. The van der Waals surface area contributed by atoms with Gasteiger partial charge in [0, 0.05) is 12.1 Å². The molecule has 0 saturated heterocycles. The van der Waals surface area contributed by atoms with Crippen molar-refractivity contribution in [2.75, 3.05) is 0 Å². The first kappa shape index (κ1) is 16.1. The molecule has 1 aliphatic carbocycles. The molecule has 2 rings (SSSR count). The molecular formula is C15H20FN5O. The topological polar surface area (TPSA) is 89.8 Å². The van der Waals surface area contributed by atoms with E-state index in [4.69, 9.17) is 5.73 Å². The molecule has 0 aromatic carbocycles. The predicted octanol–water partition coefficient (Wildman–Crippen LogP) is 1.75. The maximum atomic E-state index is 13.7. The molecule has 7 heteroatoms. The van der Waals surface area contributed by atoms with E-state index in [1.54, 1.807) is 32.2 Å². The maximum Gasteiger partial charge on any atom is 0.142 e. The molecule has 0 bridgehead atoms. The SMILES string of the molecule is CC(C)(O)Cn1cncnccc([C@@H]2C=C(F)C(N)=CC2)n1. The van der Waals surface area contributed by atoms with E-state index in [0.29, 0.717) is 12.1 Å². The molecule has 1 aromatic heterocycles. The fraction of sp³-hybridized carbons (Fsp3) is 0.400. The molecule has 0 aliphatic heterocycles. The third kappa shape index (κ3) is 4.63. The quantitative estimate of drug-likeness (QED) is 0.888. The largest absolute Gasteiger partial charge is 0.397 e. The van der Waals surface area contributed by atoms with Crippen LogP contribution in [0.25, 0.3) is 0 Å². The van der Waals surface area contributed by atoms with E-state index in [0.717, 1.165) is 0 Å². The number of nitrogens with two attached hydrogens (primary N) is 1. The molecular weight excluding hydrogens is 285 g/mol. The highest BCUT2D eigenvalue weighted by molar-refractivity contribution is 5.31. The van der Waals surface area contributed by atoms with E-state index >= 15 is 0 Å². The molecule has 6 nitrogen and oxygen atoms in total. The summed E-state index contributed by atoms with van der Waals surface area (Å²) in [4.78, 5) is 7.95. The van der Waals surface area contributed by atoms with Crippen molar-refractivity contribution in [3.63, 3.8) is 0 Å². The third-order valence-electron chi connectivity index (χ3n) is 3.05. The monoisotopic (exact) mass is 305 g/mol. The number of hydrogen-bond acceptors (Lipinski definition) is 5. The number of rotatable bonds is 3. The molecule has 0 spiro atoms. The number of aliphatic hydroxyl groups is 1. The highest BCUT2D eigenvalue weighted by Gasteiger charge is 2.18. The van der Waals surface area contributed by atoms with Gasteiger partial charge in [0.1, 0.15) is 18.5 Å². The molecule has 1 aromatic rings. The Morgan fingerprint density at radius 2 is 2.23 bits per heavy atom. The van der Waals surface area contributed by atoms with Gasteiger partial charge >= 0.3 is 0 Å². The van der Waals surface area contributed by atoms with Gasteiger partial charge in [0.25, 0.3) is 0 Å². The fourth-order valence-corrected chi connectivity index (χ4v) is 2.08. The molecule has 0 saturated carbocycles. The highest BCUT2D eigenvalue weighted by Crippen LogP contribution is 2.27. The minimum absolute atomic E-state index is 0.150. The lowest BCUT2D eigenvalue weighted by molar-refractivity contribution is 0.0568. The van der Waals surface area contributed by atoms with Crippen molar-refractivity contribution in [2.45, 2.75) is 38.3 Å². The smallest absolute Gasteiger partial charge is 0.142 e. The van der Waals surface area contributed by atoms with Crippen molar-refractivity contribution in [1.29, 1.82) is 0 Å². The number of allylic oxidation sites excluding steroid dienone is 3. The van der Waals surface area contributed by atoms with Crippen LogP contribution in [0.1, 0.15) is 31.9 Å². The van der Waals surface area contributed by atoms with Gasteiger partial charge in [-0.05, 0) is 32.4 Å². The standard InChI is InChI=1S/C15H20FN5O/c1-15(2,22)8-21-10-19-9-18-6-5-14(20-21)11-3-4-13(17)12(16)7-11/h4-7,9-11,22H,3,8,17H2,1-2H3/t11-/m0/s1. The molecule has 1 heterocycles. The molecule has 0 fully saturated rings. The highest BCUT2D eigenvalue weighted by atomic mass is 19.1. The lowest BCUT2D eigenvalue weighted by Crippen LogP contribution is -2.27. The summed E-state index contributed by atoms with van der Waals surface area (Å²) in [7, 11) is 0. The lowest BCUT2D eigenvalue weighted by Gasteiger charge is -2.19. The van der Waals surface area contributed by atoms with Crippen molar-refractivity contribution in [2.24, 2.45) is 5.73 Å². The van der Waals surface area contributed by atoms with Gasteiger partial charge in [-0.3, -0.25) is 4.68 Å². The molecule has 0 radical (unpaired) electrons. The zero-order chi connectivity index (χ0) is 16.2. The Bertz CT molecular complexity index is 643. The molecule has 1 aliphatic rings. The predicted molar refractivity (Wildman–Crippen MR) is 80.6 cm³/mol. The van der Waals surface area contributed by atoms with Crippen molar-refractivity contribution < 1.29 is 9.50 Å². The molecule has 22 heavy (non-hydrogen) atoms. The van der Waals surface area contributed by atoms with Crippen LogP contribution in [0.3, 0.4) is 0 Å². The van der Waals surface area contributed by atoms with Gasteiger partial charge in [-0.1, -0.05) is 6.08 Å². The number of halogens is 1. The van der Waals surface area contributed by atoms with Crippen molar-refractivity contribution in [3.8, 4) is 0 Å². The van der Waals surface area contributed by atoms with Crippen molar-refractivity contribution in [1.82, 2.24) is 19.7 Å². The van der Waals surface area contributed by atoms with E-state index in [1.807, 2.05) is 0 Å². The fourth-order valence-electron chi connectivity index (χ4n) is 2.08. The summed E-state index contributed by atoms with van der Waals surface area (Å²) < 4.78 is 15.2. The number of nitrogens with zero attached hydrogens (tertiary/aromatic N) is 4. The average Bonchev–Trinajstić information content (AvgIpc) is 2.52. The first-order chi connectivity index (χ1) is 10.3. The van der Waals surface area contributed by atoms with Gasteiger partial charge in [0.05, 0.1) is 23.5 Å². The minimum atomic E-state index is -0.951. The van der Waals surface area contributed by atoms with Crippen LogP contribution in [0.4, 0.5) is 4.39 Å². The first-order valence-electron chi connectivity index (χ1n) is 6.97. The van der Waals surface area contributed by atoms with Crippen LogP contribution < -0.4 is 5.73 Å². The van der Waals surface area contributed by atoms with Gasteiger partial charge in [0.15, 0.2) is 0 Å². The summed E-state index contributed by atoms with van der Waals surface area (Å²) in [6, 6.07) is 1.70. The second kappa shape index (κ2) is 6.65. The van der Waals surface area contributed by atoms with Gasteiger partial charge in [-0.25, -0.2) is 14.4 Å². The van der Waals surface area contributed by atoms with Gasteiger partial charge in [0.2, 0.25) is 0 Å². The second-order valence-corrected chi connectivity index (χ2v) is 5.80. The molecule has 1 atom stereocenters. The van der Waals surface area contributed by atoms with Crippen LogP contribution in [-0.2, 0) is 6.54 Å². The van der Waals surface area contributed by atoms with Crippen LogP contribution >= 0.6 is 0 Å². The molecule has 0 unspecified atom stereocenters. The lowest BCUT2D eigenvalue weighted by atomic mass is 9.95. The van der Waals surface area contributed by atoms with Crippen LogP contribution in [0.15, 0.2) is 48.6 Å². The van der Waals surface area contributed by atoms with E-state index in [2.05, 4.69) is 15.1 Å². The summed E-state index contributed by atoms with van der Waals surface area (Å²) in [5.74, 6) is -0.687. The van der Waals surface area contributed by atoms with E-state index in [9.17, 15) is 9.50 Å². The maximum absolute atomic E-state index is 13.7. The molecule has 3 N–H and O–H groups in total. The Balaban J connectivity index is 2.43. The normalized spacial score (nSPS) is 18.3.